The Bertz CT molecular complexity index is 1360. The molecule has 4 aromatic rings. The fourth-order valence-electron chi connectivity index (χ4n) is 4.38. The maximum atomic E-state index is 13.1. The van der Waals surface area contributed by atoms with Crippen molar-refractivity contribution in [3.8, 4) is 11.1 Å². The second kappa shape index (κ2) is 10.4. The van der Waals surface area contributed by atoms with Crippen LogP contribution in [0.5, 0.6) is 0 Å². The molecule has 0 aliphatic heterocycles. The van der Waals surface area contributed by atoms with Crippen molar-refractivity contribution in [3.05, 3.63) is 86.8 Å². The van der Waals surface area contributed by atoms with E-state index < -0.39 is 6.10 Å². The first-order chi connectivity index (χ1) is 17.0. The highest BCUT2D eigenvalue weighted by molar-refractivity contribution is 7.17. The van der Waals surface area contributed by atoms with Crippen molar-refractivity contribution in [1.29, 1.82) is 0 Å². The van der Waals surface area contributed by atoms with Crippen LogP contribution in [0.15, 0.2) is 58.7 Å². The summed E-state index contributed by atoms with van der Waals surface area (Å²) in [5.41, 5.74) is 5.38. The van der Waals surface area contributed by atoms with Crippen molar-refractivity contribution >= 4 is 21.6 Å². The van der Waals surface area contributed by atoms with Crippen LogP contribution in [0.1, 0.15) is 35.4 Å². The summed E-state index contributed by atoms with van der Waals surface area (Å²) in [5.74, 6) is 0.639. The number of aromatic amines is 1. The molecule has 0 spiro atoms. The molecular formula is C28H31N3O3S. The minimum Gasteiger partial charge on any atom is -0.389 e. The number of benzene rings is 2. The molecule has 2 N–H and O–H groups in total. The van der Waals surface area contributed by atoms with E-state index >= 15 is 0 Å². The van der Waals surface area contributed by atoms with Gasteiger partial charge in [0.1, 0.15) is 10.7 Å². The molecule has 2 aromatic heterocycles. The van der Waals surface area contributed by atoms with E-state index in [1.165, 1.54) is 22.5 Å². The fourth-order valence-corrected chi connectivity index (χ4v) is 5.34. The van der Waals surface area contributed by atoms with E-state index in [0.29, 0.717) is 36.9 Å². The minimum absolute atomic E-state index is 0.109. The van der Waals surface area contributed by atoms with Crippen LogP contribution in [-0.4, -0.2) is 45.3 Å². The van der Waals surface area contributed by atoms with Crippen LogP contribution in [0, 0.1) is 13.8 Å². The SMILES string of the molecule is Cc1ccc(-c2csc3nc(CN(C[C@H](O)COCc4ccccc4)C4CC4)[nH]c(=O)c23)cc1C. The molecule has 0 amide bonds. The molecule has 2 heterocycles. The summed E-state index contributed by atoms with van der Waals surface area (Å²) >= 11 is 1.50. The predicted octanol–water partition coefficient (Wildman–Crippen LogP) is 4.81. The standard InChI is InChI=1S/C28H31N3O3S/c1-18-8-9-21(12-19(18)2)24-17-35-28-26(24)27(33)29-25(30-28)14-31(22-10-11-22)13-23(32)16-34-15-20-6-4-3-5-7-20/h3-9,12,17,22-23,32H,10-11,13-16H2,1-2H3,(H,29,30,33)/t23-/m0/s1. The summed E-state index contributed by atoms with van der Waals surface area (Å²) in [6, 6.07) is 16.6. The van der Waals surface area contributed by atoms with Crippen molar-refractivity contribution in [3.63, 3.8) is 0 Å². The number of rotatable bonds is 10. The Kier molecular flexibility index (Phi) is 7.11. The first kappa shape index (κ1) is 23.9. The van der Waals surface area contributed by atoms with E-state index in [9.17, 15) is 9.90 Å². The second-order valence-corrected chi connectivity index (χ2v) is 10.3. The maximum absolute atomic E-state index is 13.1. The van der Waals surface area contributed by atoms with E-state index in [1.54, 1.807) is 0 Å². The van der Waals surface area contributed by atoms with E-state index in [1.807, 2.05) is 35.7 Å². The number of thiophene rings is 1. The number of ether oxygens (including phenoxy) is 1. The third-order valence-corrected chi connectivity index (χ3v) is 7.47. The third kappa shape index (κ3) is 5.70. The average Bonchev–Trinajstić information content (AvgIpc) is 3.60. The van der Waals surface area contributed by atoms with Gasteiger partial charge >= 0.3 is 0 Å². The molecule has 1 fully saturated rings. The lowest BCUT2D eigenvalue weighted by Crippen LogP contribution is -2.37. The molecule has 6 nitrogen and oxygen atoms in total. The molecule has 1 aliphatic rings. The zero-order valence-electron chi connectivity index (χ0n) is 20.2. The summed E-state index contributed by atoms with van der Waals surface area (Å²) in [6.45, 7) is 5.91. The van der Waals surface area contributed by atoms with Crippen molar-refractivity contribution in [1.82, 2.24) is 14.9 Å². The van der Waals surface area contributed by atoms with Crippen LogP contribution < -0.4 is 5.56 Å². The Hall–Kier alpha value is -2.84. The number of aliphatic hydroxyl groups excluding tert-OH is 1. The number of hydrogen-bond donors (Lipinski definition) is 2. The molecule has 0 radical (unpaired) electrons. The smallest absolute Gasteiger partial charge is 0.260 e. The average molecular weight is 490 g/mol. The molecule has 2 aromatic carbocycles. The van der Waals surface area contributed by atoms with Gasteiger partial charge in [-0.15, -0.1) is 11.3 Å². The van der Waals surface area contributed by atoms with Crippen LogP contribution in [-0.2, 0) is 17.9 Å². The molecule has 0 saturated heterocycles. The van der Waals surface area contributed by atoms with Gasteiger partial charge in [-0.1, -0.05) is 48.5 Å². The summed E-state index contributed by atoms with van der Waals surface area (Å²) < 4.78 is 5.72. The van der Waals surface area contributed by atoms with Crippen molar-refractivity contribution in [2.24, 2.45) is 0 Å². The van der Waals surface area contributed by atoms with Crippen LogP contribution in [0.3, 0.4) is 0 Å². The van der Waals surface area contributed by atoms with Gasteiger partial charge in [0.15, 0.2) is 0 Å². The molecular weight excluding hydrogens is 458 g/mol. The quantitative estimate of drug-likeness (QED) is 0.334. The number of fused-ring (bicyclic) bond motifs is 1. The van der Waals surface area contributed by atoms with Gasteiger partial charge in [0, 0.05) is 23.5 Å². The number of H-pyrrole nitrogens is 1. The molecule has 5 rings (SSSR count). The summed E-state index contributed by atoms with van der Waals surface area (Å²) in [6.07, 6.45) is 1.59. The third-order valence-electron chi connectivity index (χ3n) is 6.59. The Balaban J connectivity index is 1.27. The van der Waals surface area contributed by atoms with E-state index in [2.05, 4.69) is 41.9 Å². The zero-order valence-corrected chi connectivity index (χ0v) is 21.0. The van der Waals surface area contributed by atoms with Crippen LogP contribution in [0.4, 0.5) is 0 Å². The number of aliphatic hydroxyl groups is 1. The molecule has 182 valence electrons. The van der Waals surface area contributed by atoms with Crippen LogP contribution in [0.25, 0.3) is 21.3 Å². The normalized spacial score (nSPS) is 14.6. The van der Waals surface area contributed by atoms with Gasteiger partial charge in [-0.3, -0.25) is 9.69 Å². The number of nitrogens with zero attached hydrogens (tertiary/aromatic N) is 2. The molecule has 1 atom stereocenters. The van der Waals surface area contributed by atoms with Gasteiger partial charge in [0.2, 0.25) is 0 Å². The molecule has 7 heteroatoms. The summed E-state index contributed by atoms with van der Waals surface area (Å²) in [5, 5.41) is 13.3. The van der Waals surface area contributed by atoms with E-state index in [0.717, 1.165) is 34.4 Å². The minimum atomic E-state index is -0.604. The highest BCUT2D eigenvalue weighted by Crippen LogP contribution is 2.32. The topological polar surface area (TPSA) is 78.5 Å². The van der Waals surface area contributed by atoms with Gasteiger partial charge in [0.05, 0.1) is 31.2 Å². The van der Waals surface area contributed by atoms with Gasteiger partial charge in [-0.05, 0) is 48.9 Å². The molecule has 1 saturated carbocycles. The second-order valence-electron chi connectivity index (χ2n) is 9.46. The largest absolute Gasteiger partial charge is 0.389 e. The number of aromatic nitrogens is 2. The molecule has 1 aliphatic carbocycles. The van der Waals surface area contributed by atoms with Gasteiger partial charge in [-0.25, -0.2) is 4.98 Å². The van der Waals surface area contributed by atoms with Gasteiger partial charge in [-0.2, -0.15) is 0 Å². The van der Waals surface area contributed by atoms with E-state index in [-0.39, 0.29) is 12.2 Å². The monoisotopic (exact) mass is 489 g/mol. The lowest BCUT2D eigenvalue weighted by molar-refractivity contribution is 0.00666. The first-order valence-corrected chi connectivity index (χ1v) is 13.0. The molecule has 0 bridgehead atoms. The summed E-state index contributed by atoms with van der Waals surface area (Å²) in [7, 11) is 0. The zero-order chi connectivity index (χ0) is 24.4. The molecule has 35 heavy (non-hydrogen) atoms. The first-order valence-electron chi connectivity index (χ1n) is 12.1. The van der Waals surface area contributed by atoms with Crippen molar-refractivity contribution < 1.29 is 9.84 Å². The van der Waals surface area contributed by atoms with Crippen LogP contribution in [0.2, 0.25) is 0 Å². The highest BCUT2D eigenvalue weighted by atomic mass is 32.1. The number of aryl methyl sites for hydroxylation is 2. The Morgan fingerprint density at radius 1 is 1.17 bits per heavy atom. The molecule has 0 unspecified atom stereocenters. The van der Waals surface area contributed by atoms with Crippen molar-refractivity contribution in [2.75, 3.05) is 13.2 Å². The van der Waals surface area contributed by atoms with Gasteiger partial charge < -0.3 is 14.8 Å². The number of hydrogen-bond acceptors (Lipinski definition) is 6. The summed E-state index contributed by atoms with van der Waals surface area (Å²) in [4.78, 5) is 23.9. The van der Waals surface area contributed by atoms with Gasteiger partial charge in [0.25, 0.3) is 5.56 Å². The van der Waals surface area contributed by atoms with Crippen LogP contribution >= 0.6 is 11.3 Å². The highest BCUT2D eigenvalue weighted by Gasteiger charge is 2.31. The Labute approximate surface area is 209 Å². The number of nitrogens with one attached hydrogen (secondary N) is 1. The lowest BCUT2D eigenvalue weighted by Gasteiger charge is -2.24. The Morgan fingerprint density at radius 2 is 1.97 bits per heavy atom. The Morgan fingerprint density at radius 3 is 2.71 bits per heavy atom. The fraction of sp³-hybridized carbons (Fsp3) is 0.357. The lowest BCUT2D eigenvalue weighted by atomic mass is 10.0. The van der Waals surface area contributed by atoms with E-state index in [4.69, 9.17) is 9.72 Å². The maximum Gasteiger partial charge on any atom is 0.260 e. The predicted molar refractivity (Wildman–Crippen MR) is 141 cm³/mol. The van der Waals surface area contributed by atoms with Crippen molar-refractivity contribution in [2.45, 2.75) is 52.0 Å².